The van der Waals surface area contributed by atoms with Gasteiger partial charge in [0.2, 0.25) is 0 Å². The van der Waals surface area contributed by atoms with Crippen molar-refractivity contribution in [2.75, 3.05) is 0 Å². The van der Waals surface area contributed by atoms with Crippen molar-refractivity contribution in [3.63, 3.8) is 0 Å². The molecule has 8 bridgehead atoms. The summed E-state index contributed by atoms with van der Waals surface area (Å²) >= 11 is 0. The quantitative estimate of drug-likeness (QED) is 0.141. The van der Waals surface area contributed by atoms with E-state index >= 15 is 0 Å². The van der Waals surface area contributed by atoms with Gasteiger partial charge < -0.3 is 18.9 Å². The highest BCUT2D eigenvalue weighted by Gasteiger charge is 2.64. The lowest BCUT2D eigenvalue weighted by Gasteiger charge is -2.39. The summed E-state index contributed by atoms with van der Waals surface area (Å²) in [6, 6.07) is 0. The average Bonchev–Trinajstić information content (AvgIpc) is 4.21. The minimum Gasteiger partial charge on any atom is -0.462 e. The lowest BCUT2D eigenvalue weighted by atomic mass is 9.70. The number of rotatable bonds is 12. The highest BCUT2D eigenvalue weighted by molar-refractivity contribution is 5.76. The Bertz CT molecular complexity index is 1860. The molecule has 18 atom stereocenters. The predicted molar refractivity (Wildman–Crippen MR) is 279 cm³/mol. The lowest BCUT2D eigenvalue weighted by Crippen LogP contribution is -2.40. The third-order valence-corrected chi connectivity index (χ3v) is 24.1. The molecule has 10 aliphatic rings. The summed E-state index contributed by atoms with van der Waals surface area (Å²) in [5.74, 6) is 8.52. The Labute approximate surface area is 427 Å². The van der Waals surface area contributed by atoms with E-state index < -0.39 is 0 Å². The minimum atomic E-state index is -0.345. The molecule has 0 radical (unpaired) electrons. The molecule has 10 aliphatic carbocycles. The van der Waals surface area contributed by atoms with Crippen LogP contribution in [0.3, 0.4) is 0 Å². The third-order valence-electron chi connectivity index (χ3n) is 24.1. The summed E-state index contributed by atoms with van der Waals surface area (Å²) in [4.78, 5) is 48.3. The molecule has 0 aromatic rings. The molecule has 0 aliphatic heterocycles. The van der Waals surface area contributed by atoms with Crippen molar-refractivity contribution in [2.24, 2.45) is 104 Å². The van der Waals surface area contributed by atoms with Crippen molar-refractivity contribution in [1.29, 1.82) is 0 Å². The lowest BCUT2D eigenvalue weighted by molar-refractivity contribution is -0.167. The second-order valence-electron chi connectivity index (χ2n) is 28.4. The Morgan fingerprint density at radius 1 is 0.471 bits per heavy atom. The Kier molecular flexibility index (Phi) is 16.6. The molecule has 0 heterocycles. The molecule has 10 fully saturated rings. The van der Waals surface area contributed by atoms with Crippen molar-refractivity contribution in [3.05, 3.63) is 0 Å². The third kappa shape index (κ3) is 10.1. The Balaban J connectivity index is 0.000000138. The highest BCUT2D eigenvalue weighted by atomic mass is 16.6. The summed E-state index contributed by atoms with van der Waals surface area (Å²) in [6.07, 6.45) is 24.9. The van der Waals surface area contributed by atoms with Crippen LogP contribution in [0.15, 0.2) is 0 Å². The molecule has 8 heteroatoms. The molecule has 8 nitrogen and oxygen atoms in total. The largest absolute Gasteiger partial charge is 0.462 e. The molecule has 0 aromatic carbocycles. The van der Waals surface area contributed by atoms with Gasteiger partial charge in [-0.15, -0.1) is 0 Å². The Morgan fingerprint density at radius 3 is 1.21 bits per heavy atom. The maximum absolute atomic E-state index is 12.3. The first-order chi connectivity index (χ1) is 32.7. The molecule has 400 valence electrons. The zero-order chi connectivity index (χ0) is 51.5. The SMILES string of the molecule is CCC(C)(C)C(=O)OC1CC2CC1C1CCCC21.CCC(C)(C)C(=O)OC1CC2CCC1(C)C2(C)C.CCC(C)C(=O)OC1CC2CC1C1CCCC21.CCC(C)C(=O)OC1CC2CCC1(C)C2(C)C. The van der Waals surface area contributed by atoms with Crippen molar-refractivity contribution in [3.8, 4) is 0 Å². The zero-order valence-electron chi connectivity index (χ0n) is 47.6. The maximum Gasteiger partial charge on any atom is 0.311 e. The molecule has 0 amide bonds. The molecule has 0 spiro atoms. The minimum absolute atomic E-state index is 0.00192. The van der Waals surface area contributed by atoms with Gasteiger partial charge in [-0.05, 0) is 213 Å². The molecule has 0 saturated heterocycles. The van der Waals surface area contributed by atoms with Crippen molar-refractivity contribution in [1.82, 2.24) is 0 Å². The molecule has 10 saturated carbocycles. The van der Waals surface area contributed by atoms with Gasteiger partial charge in [-0.25, -0.2) is 0 Å². The fourth-order valence-electron chi connectivity index (χ4n) is 16.6. The van der Waals surface area contributed by atoms with E-state index in [2.05, 4.69) is 55.4 Å². The van der Waals surface area contributed by atoms with Crippen LogP contribution in [0.2, 0.25) is 0 Å². The molecular weight excluding hydrogens is 873 g/mol. The number of fused-ring (bicyclic) bond motifs is 14. The van der Waals surface area contributed by atoms with Crippen LogP contribution < -0.4 is 0 Å². The van der Waals surface area contributed by atoms with Crippen LogP contribution in [0.5, 0.6) is 0 Å². The maximum atomic E-state index is 12.3. The Hall–Kier alpha value is -2.12. The number of esters is 4. The van der Waals surface area contributed by atoms with Gasteiger partial charge in [-0.2, -0.15) is 0 Å². The standard InChI is InChI=1S/C16H26O2.C16H28O2.C15H24O2.C15H26O2/c1-4-16(2,3)15(17)18-14-9-10-8-13(14)12-7-5-6-11(10)12;1-7-14(2,3)13(17)18-12-10-11-8-9-16(12,6)15(11,4)5;1-3-9(2)15(16)17-14-8-10-7-13(14)12-6-4-5-11(10)12;1-6-10(2)13(16)17-12-9-11-7-8-15(12,5)14(11,3)4/h10-14H,4-9H2,1-3H3;11-12H,7-10H2,1-6H3;9-14H,3-8H2,1-2H3;10-12H,6-9H2,1-5H3. The van der Waals surface area contributed by atoms with Gasteiger partial charge in [0.1, 0.15) is 24.4 Å². The van der Waals surface area contributed by atoms with Gasteiger partial charge in [0.25, 0.3) is 0 Å². The molecule has 70 heavy (non-hydrogen) atoms. The number of hydrogen-bond acceptors (Lipinski definition) is 8. The van der Waals surface area contributed by atoms with E-state index in [-0.39, 0.29) is 81.8 Å². The second kappa shape index (κ2) is 20.9. The van der Waals surface area contributed by atoms with E-state index in [4.69, 9.17) is 18.9 Å². The van der Waals surface area contributed by atoms with Crippen LogP contribution in [0.25, 0.3) is 0 Å². The molecule has 10 rings (SSSR count). The molecule has 0 aromatic heterocycles. The van der Waals surface area contributed by atoms with Crippen LogP contribution in [0.1, 0.15) is 239 Å². The van der Waals surface area contributed by atoms with Gasteiger partial charge in [-0.1, -0.05) is 95.9 Å². The topological polar surface area (TPSA) is 105 Å². The van der Waals surface area contributed by atoms with E-state index in [9.17, 15) is 19.2 Å². The molecule has 18 unspecified atom stereocenters. The zero-order valence-corrected chi connectivity index (χ0v) is 47.6. The summed E-state index contributed by atoms with van der Waals surface area (Å²) in [5, 5.41) is 0. The number of ether oxygens (including phenoxy) is 4. The normalized spacial score (nSPS) is 41.2. The summed E-state index contributed by atoms with van der Waals surface area (Å²) < 4.78 is 23.3. The first-order valence-electron chi connectivity index (χ1n) is 29.5. The summed E-state index contributed by atoms with van der Waals surface area (Å²) in [7, 11) is 0. The molecular formula is C62H104O8. The van der Waals surface area contributed by atoms with Gasteiger partial charge in [-0.3, -0.25) is 19.2 Å². The van der Waals surface area contributed by atoms with Crippen LogP contribution in [-0.4, -0.2) is 48.3 Å². The monoisotopic (exact) mass is 977 g/mol. The smallest absolute Gasteiger partial charge is 0.311 e. The van der Waals surface area contributed by atoms with E-state index in [0.717, 1.165) is 98.7 Å². The number of hydrogen-bond donors (Lipinski definition) is 0. The van der Waals surface area contributed by atoms with Gasteiger partial charge in [0.05, 0.1) is 22.7 Å². The average molecular weight is 978 g/mol. The van der Waals surface area contributed by atoms with Gasteiger partial charge >= 0.3 is 23.9 Å². The number of carbonyl (C=O) groups excluding carboxylic acids is 4. The van der Waals surface area contributed by atoms with Crippen LogP contribution >= 0.6 is 0 Å². The van der Waals surface area contributed by atoms with Crippen LogP contribution in [-0.2, 0) is 38.1 Å². The van der Waals surface area contributed by atoms with E-state index in [1.165, 1.54) is 77.0 Å². The van der Waals surface area contributed by atoms with Gasteiger partial charge in [0, 0.05) is 10.8 Å². The summed E-state index contributed by atoms with van der Waals surface area (Å²) in [6.45, 7) is 34.1. The van der Waals surface area contributed by atoms with Crippen LogP contribution in [0.4, 0.5) is 0 Å². The predicted octanol–water partition coefficient (Wildman–Crippen LogP) is 15.2. The fourth-order valence-corrected chi connectivity index (χ4v) is 16.6. The van der Waals surface area contributed by atoms with Crippen molar-refractivity contribution < 1.29 is 38.1 Å². The van der Waals surface area contributed by atoms with Crippen molar-refractivity contribution >= 4 is 23.9 Å². The second-order valence-corrected chi connectivity index (χ2v) is 28.4. The van der Waals surface area contributed by atoms with Gasteiger partial charge in [0.15, 0.2) is 0 Å². The first-order valence-corrected chi connectivity index (χ1v) is 29.5. The van der Waals surface area contributed by atoms with Crippen molar-refractivity contribution in [2.45, 2.75) is 264 Å². The van der Waals surface area contributed by atoms with E-state index in [1.54, 1.807) is 0 Å². The van der Waals surface area contributed by atoms with E-state index in [1.807, 2.05) is 55.4 Å². The highest BCUT2D eigenvalue weighted by Crippen LogP contribution is 2.68. The number of carbonyl (C=O) groups is 4. The summed E-state index contributed by atoms with van der Waals surface area (Å²) in [5.41, 5.74) is 0.360. The van der Waals surface area contributed by atoms with Crippen LogP contribution in [0, 0.1) is 104 Å². The van der Waals surface area contributed by atoms with E-state index in [0.29, 0.717) is 22.7 Å². The fraction of sp³-hybridized carbons (Fsp3) is 0.935. The molecule has 0 N–H and O–H groups in total. The first kappa shape index (κ1) is 55.6. The Morgan fingerprint density at radius 2 is 0.843 bits per heavy atom.